The third-order valence-corrected chi connectivity index (χ3v) is 20.6. The Morgan fingerprint density at radius 3 is 2.08 bits per heavy atom. The molecule has 19 heteroatoms. The largest absolute Gasteiger partial charge is 0.497 e. The zero-order chi connectivity index (χ0) is 52.5. The molecular formula is C54H78O19. The molecule has 408 valence electrons. The molecule has 1 aromatic carbocycles. The highest BCUT2D eigenvalue weighted by atomic mass is 16.8. The van der Waals surface area contributed by atoms with Gasteiger partial charge in [-0.15, -0.1) is 0 Å². The molecule has 73 heavy (non-hydrogen) atoms. The number of allylic oxidation sites excluding steroid dienone is 2. The van der Waals surface area contributed by atoms with Crippen molar-refractivity contribution in [1.82, 2.24) is 0 Å². The summed E-state index contributed by atoms with van der Waals surface area (Å²) in [5.74, 6) is -0.243. The first-order chi connectivity index (χ1) is 34.4. The molecule has 3 aliphatic heterocycles. The molecule has 6 aliphatic carbocycles. The quantitative estimate of drug-likeness (QED) is 0.0874. The van der Waals surface area contributed by atoms with E-state index >= 15 is 0 Å². The van der Waals surface area contributed by atoms with Gasteiger partial charge in [-0.2, -0.15) is 0 Å². The van der Waals surface area contributed by atoms with Crippen molar-refractivity contribution in [3.05, 3.63) is 41.5 Å². The Labute approximate surface area is 426 Å². The highest BCUT2D eigenvalue weighted by Crippen LogP contribution is 2.85. The number of carbonyl (C=O) groups excluding carboxylic acids is 1. The number of hydrogen-bond donors (Lipinski definition) is 9. The van der Waals surface area contributed by atoms with Crippen LogP contribution in [0.15, 0.2) is 35.9 Å². The molecule has 9 aliphatic rings. The summed E-state index contributed by atoms with van der Waals surface area (Å²) in [6, 6.07) is 6.76. The van der Waals surface area contributed by atoms with Crippen LogP contribution in [0.2, 0.25) is 0 Å². The van der Waals surface area contributed by atoms with Crippen molar-refractivity contribution >= 4 is 11.9 Å². The highest BCUT2D eigenvalue weighted by Gasteiger charge is 2.79. The number of aliphatic hydroxyl groups excluding tert-OH is 8. The highest BCUT2D eigenvalue weighted by molar-refractivity contribution is 5.89. The molecule has 0 radical (unpaired) electrons. The smallest absolute Gasteiger partial charge is 0.338 e. The lowest BCUT2D eigenvalue weighted by atomic mass is 9.36. The van der Waals surface area contributed by atoms with E-state index in [1.165, 1.54) is 5.57 Å². The summed E-state index contributed by atoms with van der Waals surface area (Å²) in [6.07, 6.45) is -11.9. The number of esters is 1. The van der Waals surface area contributed by atoms with Crippen LogP contribution in [0, 0.1) is 56.2 Å². The number of carboxylic acids is 1. The Balaban J connectivity index is 0.851. The number of ether oxygens (including phenoxy) is 8. The van der Waals surface area contributed by atoms with Gasteiger partial charge in [-0.3, -0.25) is 4.79 Å². The minimum Gasteiger partial charge on any atom is -0.497 e. The van der Waals surface area contributed by atoms with E-state index < -0.39 is 127 Å². The molecule has 0 aromatic heterocycles. The van der Waals surface area contributed by atoms with Crippen LogP contribution < -0.4 is 4.74 Å². The topological polar surface area (TPSA) is 290 Å². The second kappa shape index (κ2) is 19.0. The zero-order valence-electron chi connectivity index (χ0n) is 42.9. The monoisotopic (exact) mass is 1030 g/mol. The van der Waals surface area contributed by atoms with Gasteiger partial charge in [-0.25, -0.2) is 4.79 Å². The lowest BCUT2D eigenvalue weighted by Crippen LogP contribution is -2.66. The molecule has 1 spiro atoms. The molecule has 19 nitrogen and oxygen atoms in total. The summed E-state index contributed by atoms with van der Waals surface area (Å²) in [5, 5.41) is 96.8. The predicted molar refractivity (Wildman–Crippen MR) is 254 cm³/mol. The second-order valence-corrected chi connectivity index (χ2v) is 25.0. The minimum atomic E-state index is -1.78. The van der Waals surface area contributed by atoms with Gasteiger partial charge in [0.25, 0.3) is 0 Å². The van der Waals surface area contributed by atoms with Crippen LogP contribution in [0.4, 0.5) is 0 Å². The van der Waals surface area contributed by atoms with Crippen LogP contribution >= 0.6 is 0 Å². The summed E-state index contributed by atoms with van der Waals surface area (Å²) < 4.78 is 47.5. The maximum absolute atomic E-state index is 13.8. The van der Waals surface area contributed by atoms with Crippen LogP contribution in [0.25, 0.3) is 0 Å². The van der Waals surface area contributed by atoms with E-state index in [0.717, 1.165) is 32.1 Å². The standard InChI is InChI=1S/C54H78O19/c1-49(2)20-29-28-12-13-34-51(5)16-15-35(72-47-43(40(60)38(58)31(22-55)69-47)73-46-42(62)39(59)32(24-68-46)70-45-41(61)37(57)30(56)23-67-45)50(3,4)33(51)14-17-52(34,6)54(28)19-26(54)18-53(29,48(64)65)21-36(49)71-44(63)25-8-10-27(66-7)11-9-25/h8-12,26,29-43,45-47,55-62H,13-24H2,1-7H3,(H,64,65). The van der Waals surface area contributed by atoms with Crippen molar-refractivity contribution in [3.8, 4) is 5.75 Å². The van der Waals surface area contributed by atoms with E-state index in [4.69, 9.17) is 37.9 Å². The number of hydrogen-bond acceptors (Lipinski definition) is 18. The molecule has 3 saturated heterocycles. The molecule has 5 saturated carbocycles. The van der Waals surface area contributed by atoms with Crippen LogP contribution in [0.1, 0.15) is 110 Å². The van der Waals surface area contributed by atoms with Crippen LogP contribution in [-0.4, -0.2) is 177 Å². The zero-order valence-corrected chi connectivity index (χ0v) is 42.9. The molecule has 23 unspecified atom stereocenters. The normalized spacial score (nSPS) is 49.6. The van der Waals surface area contributed by atoms with Crippen molar-refractivity contribution in [3.63, 3.8) is 0 Å². The predicted octanol–water partition coefficient (Wildman–Crippen LogP) is 2.44. The van der Waals surface area contributed by atoms with Gasteiger partial charge >= 0.3 is 11.9 Å². The van der Waals surface area contributed by atoms with E-state index in [2.05, 4.69) is 47.6 Å². The van der Waals surface area contributed by atoms with Crippen molar-refractivity contribution in [2.75, 3.05) is 26.9 Å². The van der Waals surface area contributed by atoms with Gasteiger partial charge in [-0.05, 0) is 116 Å². The average Bonchev–Trinajstić information content (AvgIpc) is 4.08. The number of carbonyl (C=O) groups is 2. The Kier molecular flexibility index (Phi) is 13.9. The first-order valence-electron chi connectivity index (χ1n) is 26.4. The Hall–Kier alpha value is -2.86. The average molecular weight is 1030 g/mol. The number of rotatable bonds is 11. The number of benzene rings is 1. The van der Waals surface area contributed by atoms with Crippen LogP contribution in [0.3, 0.4) is 0 Å². The lowest BCUT2D eigenvalue weighted by Gasteiger charge is -2.69. The van der Waals surface area contributed by atoms with Gasteiger partial charge in [0.05, 0.1) is 44.0 Å². The number of methoxy groups -OCH3 is 1. The van der Waals surface area contributed by atoms with E-state index in [-0.39, 0.29) is 59.6 Å². The molecule has 1 aromatic rings. The Bertz CT molecular complexity index is 2260. The van der Waals surface area contributed by atoms with Gasteiger partial charge in [0.15, 0.2) is 18.9 Å². The number of aliphatic carboxylic acids is 1. The summed E-state index contributed by atoms with van der Waals surface area (Å²) in [5.41, 5.74) is -0.728. The van der Waals surface area contributed by atoms with Gasteiger partial charge < -0.3 is 83.9 Å². The molecule has 0 amide bonds. The molecular weight excluding hydrogens is 953 g/mol. The first kappa shape index (κ1) is 53.5. The maximum Gasteiger partial charge on any atom is 0.338 e. The van der Waals surface area contributed by atoms with E-state index in [1.54, 1.807) is 31.4 Å². The van der Waals surface area contributed by atoms with Crippen molar-refractivity contribution < 1.29 is 93.4 Å². The lowest BCUT2D eigenvalue weighted by molar-refractivity contribution is -0.377. The maximum atomic E-state index is 13.8. The van der Waals surface area contributed by atoms with Gasteiger partial charge in [-0.1, -0.05) is 53.2 Å². The van der Waals surface area contributed by atoms with Gasteiger partial charge in [0.2, 0.25) is 0 Å². The molecule has 0 bridgehead atoms. The van der Waals surface area contributed by atoms with Gasteiger partial charge in [0, 0.05) is 17.3 Å². The molecule has 3 heterocycles. The van der Waals surface area contributed by atoms with Crippen LogP contribution in [-0.2, 0) is 38.0 Å². The Morgan fingerprint density at radius 2 is 1.40 bits per heavy atom. The number of aliphatic hydroxyl groups is 8. The fourth-order valence-corrected chi connectivity index (χ4v) is 16.5. The Morgan fingerprint density at radius 1 is 0.712 bits per heavy atom. The summed E-state index contributed by atoms with van der Waals surface area (Å²) in [6.45, 7) is 12.1. The molecule has 9 N–H and O–H groups in total. The second-order valence-electron chi connectivity index (χ2n) is 25.0. The number of carboxylic acid groups (broad SMARTS) is 1. The SMILES string of the molecule is COc1ccc(C(=O)OC2CC3(C(=O)O)CC4CC45C(=CCC4C6(C)CCC(OC7OC(CO)C(O)C(O)C7OC7OCC(OC8OCC(O)C(O)C8O)C(O)C7O)C(C)(C)C6CCC45C)C3CC2(C)C)cc1. The fraction of sp³-hybridized carbons (Fsp3) is 0.815. The number of fused-ring (bicyclic) bond motifs is 5. The third kappa shape index (κ3) is 8.36. The first-order valence-corrected chi connectivity index (χ1v) is 26.4. The third-order valence-electron chi connectivity index (χ3n) is 20.6. The molecule has 8 fully saturated rings. The minimum absolute atomic E-state index is 0.105. The van der Waals surface area contributed by atoms with Crippen molar-refractivity contribution in [2.24, 2.45) is 56.2 Å². The van der Waals surface area contributed by atoms with E-state index in [1.807, 2.05) is 0 Å². The summed E-state index contributed by atoms with van der Waals surface area (Å²) >= 11 is 0. The molecule has 10 rings (SSSR count). The van der Waals surface area contributed by atoms with E-state index in [0.29, 0.717) is 30.6 Å². The fourth-order valence-electron chi connectivity index (χ4n) is 16.5. The molecule has 23 atom stereocenters. The summed E-state index contributed by atoms with van der Waals surface area (Å²) in [4.78, 5) is 27.4. The van der Waals surface area contributed by atoms with Crippen LogP contribution in [0.5, 0.6) is 5.75 Å². The van der Waals surface area contributed by atoms with Crippen molar-refractivity contribution in [2.45, 2.75) is 191 Å². The van der Waals surface area contributed by atoms with E-state index in [9.17, 15) is 55.5 Å². The van der Waals surface area contributed by atoms with Crippen molar-refractivity contribution in [1.29, 1.82) is 0 Å². The summed E-state index contributed by atoms with van der Waals surface area (Å²) in [7, 11) is 1.56. The van der Waals surface area contributed by atoms with Gasteiger partial charge in [0.1, 0.15) is 72.9 Å².